The molecule has 0 aromatic heterocycles. The number of aryl methyl sites for hydroxylation is 1. The van der Waals surface area contributed by atoms with Crippen molar-refractivity contribution in [3.63, 3.8) is 0 Å². The highest BCUT2D eigenvalue weighted by Gasteiger charge is 2.34. The summed E-state index contributed by atoms with van der Waals surface area (Å²) >= 11 is 6.62. The molecule has 0 radical (unpaired) electrons. The number of rotatable bonds is 4. The Bertz CT molecular complexity index is 585. The van der Waals surface area contributed by atoms with Crippen LogP contribution in [0, 0.1) is 6.92 Å². The number of aliphatic hydroxyl groups is 1. The average molecular weight is 415 g/mol. The second-order valence-corrected chi connectivity index (χ2v) is 8.62. The summed E-state index contributed by atoms with van der Waals surface area (Å²) in [5, 5.41) is 9.32. The number of aliphatic hydroxyl groups excluding tert-OH is 1. The largest absolute Gasteiger partial charge is 0.394 e. The van der Waals surface area contributed by atoms with Gasteiger partial charge in [0.25, 0.3) is 0 Å². The van der Waals surface area contributed by atoms with Gasteiger partial charge in [0.1, 0.15) is 0 Å². The fourth-order valence-electron chi connectivity index (χ4n) is 1.40. The van der Waals surface area contributed by atoms with Gasteiger partial charge in [0.2, 0.25) is 10.0 Å². The number of sulfonamides is 1. The van der Waals surface area contributed by atoms with Gasteiger partial charge in [-0.2, -0.15) is 4.31 Å². The minimum absolute atomic E-state index is 0.175. The van der Waals surface area contributed by atoms with Crippen LogP contribution in [0.25, 0.3) is 0 Å². The predicted octanol–water partition coefficient (Wildman–Crippen LogP) is 2.91. The molecule has 0 aliphatic rings. The summed E-state index contributed by atoms with van der Waals surface area (Å²) in [6, 6.07) is 3.31. The standard InChI is InChI=1S/C12H17Br2NO3S/c1-8-5-10(14)11(6-9(8)13)19(17,18)15(4)12(2,3)7-16/h5-6,16H,7H2,1-4H3. The quantitative estimate of drug-likeness (QED) is 0.823. The van der Waals surface area contributed by atoms with E-state index in [-0.39, 0.29) is 11.5 Å². The third-order valence-corrected chi connectivity index (χ3v) is 6.97. The van der Waals surface area contributed by atoms with Crippen LogP contribution in [0.1, 0.15) is 19.4 Å². The maximum atomic E-state index is 12.6. The summed E-state index contributed by atoms with van der Waals surface area (Å²) in [6.45, 7) is 4.96. The molecule has 0 amide bonds. The number of hydrogen-bond acceptors (Lipinski definition) is 3. The van der Waals surface area contributed by atoms with Crippen LogP contribution in [0.5, 0.6) is 0 Å². The van der Waals surface area contributed by atoms with Gasteiger partial charge in [0.05, 0.1) is 17.0 Å². The van der Waals surface area contributed by atoms with Crippen LogP contribution < -0.4 is 0 Å². The second kappa shape index (κ2) is 5.81. The first-order valence-corrected chi connectivity index (χ1v) is 8.62. The van der Waals surface area contributed by atoms with Gasteiger partial charge in [-0.1, -0.05) is 15.9 Å². The Morgan fingerprint density at radius 3 is 2.26 bits per heavy atom. The molecule has 0 spiro atoms. The first-order valence-electron chi connectivity index (χ1n) is 5.59. The van der Waals surface area contributed by atoms with Crippen molar-refractivity contribution in [2.24, 2.45) is 0 Å². The van der Waals surface area contributed by atoms with Crippen LogP contribution >= 0.6 is 31.9 Å². The first kappa shape index (κ1) is 17.1. The molecule has 0 atom stereocenters. The molecule has 0 aliphatic carbocycles. The molecule has 1 N–H and O–H groups in total. The monoisotopic (exact) mass is 413 g/mol. The zero-order valence-electron chi connectivity index (χ0n) is 11.2. The van der Waals surface area contributed by atoms with Crippen LogP contribution in [0.3, 0.4) is 0 Å². The molecule has 7 heteroatoms. The van der Waals surface area contributed by atoms with Crippen molar-refractivity contribution >= 4 is 41.9 Å². The zero-order chi connectivity index (χ0) is 15.0. The van der Waals surface area contributed by atoms with E-state index in [9.17, 15) is 13.5 Å². The molecule has 0 aliphatic heterocycles. The van der Waals surface area contributed by atoms with Gasteiger partial charge >= 0.3 is 0 Å². The zero-order valence-corrected chi connectivity index (χ0v) is 15.2. The maximum Gasteiger partial charge on any atom is 0.244 e. The van der Waals surface area contributed by atoms with Gasteiger partial charge in [0, 0.05) is 16.0 Å². The van der Waals surface area contributed by atoms with Gasteiger partial charge < -0.3 is 5.11 Å². The van der Waals surface area contributed by atoms with E-state index >= 15 is 0 Å². The smallest absolute Gasteiger partial charge is 0.244 e. The summed E-state index contributed by atoms with van der Waals surface area (Å²) in [5.74, 6) is 0. The molecule has 19 heavy (non-hydrogen) atoms. The number of nitrogens with zero attached hydrogens (tertiary/aromatic N) is 1. The summed E-state index contributed by atoms with van der Waals surface area (Å²) in [7, 11) is -2.22. The number of hydrogen-bond donors (Lipinski definition) is 1. The Labute approximate surface area is 131 Å². The predicted molar refractivity (Wildman–Crippen MR) is 82.7 cm³/mol. The number of likely N-dealkylation sites (N-methyl/N-ethyl adjacent to an activating group) is 1. The summed E-state index contributed by atoms with van der Waals surface area (Å²) in [4.78, 5) is 0.175. The van der Waals surface area contributed by atoms with E-state index in [1.54, 1.807) is 26.0 Å². The Balaban J connectivity index is 3.40. The van der Waals surface area contributed by atoms with Crippen LogP contribution in [0.15, 0.2) is 26.0 Å². The summed E-state index contributed by atoms with van der Waals surface area (Å²) in [5.41, 5.74) is 0.0743. The summed E-state index contributed by atoms with van der Waals surface area (Å²) < 4.78 is 27.6. The maximum absolute atomic E-state index is 12.6. The minimum atomic E-state index is -3.68. The van der Waals surface area contributed by atoms with Crippen molar-refractivity contribution in [2.75, 3.05) is 13.7 Å². The van der Waals surface area contributed by atoms with Crippen molar-refractivity contribution in [1.29, 1.82) is 0 Å². The molecule has 0 heterocycles. The summed E-state index contributed by atoms with van der Waals surface area (Å²) in [6.07, 6.45) is 0. The Morgan fingerprint density at radius 1 is 1.26 bits per heavy atom. The Morgan fingerprint density at radius 2 is 1.79 bits per heavy atom. The molecule has 4 nitrogen and oxygen atoms in total. The molecule has 1 aromatic carbocycles. The van der Waals surface area contributed by atoms with Gasteiger partial charge in [-0.25, -0.2) is 8.42 Å². The second-order valence-electron chi connectivity index (χ2n) is 4.97. The van der Waals surface area contributed by atoms with E-state index in [4.69, 9.17) is 0 Å². The lowest BCUT2D eigenvalue weighted by molar-refractivity contribution is 0.138. The van der Waals surface area contributed by atoms with Gasteiger partial charge in [-0.15, -0.1) is 0 Å². The van der Waals surface area contributed by atoms with E-state index < -0.39 is 15.6 Å². The Kier molecular flexibility index (Phi) is 5.23. The third kappa shape index (κ3) is 3.39. The molecule has 0 unspecified atom stereocenters. The SMILES string of the molecule is Cc1cc(Br)c(S(=O)(=O)N(C)C(C)(C)CO)cc1Br. The highest BCUT2D eigenvalue weighted by atomic mass is 79.9. The molecule has 0 fully saturated rings. The lowest BCUT2D eigenvalue weighted by Crippen LogP contribution is -2.47. The van der Waals surface area contributed by atoms with Gasteiger partial charge in [-0.05, 0) is 54.4 Å². The normalized spacial score (nSPS) is 13.1. The average Bonchev–Trinajstić information content (AvgIpc) is 2.32. The van der Waals surface area contributed by atoms with Crippen molar-refractivity contribution in [2.45, 2.75) is 31.2 Å². The molecular formula is C12H17Br2NO3S. The topological polar surface area (TPSA) is 57.6 Å². The molecule has 0 saturated carbocycles. The van der Waals surface area contributed by atoms with E-state index in [0.29, 0.717) is 4.47 Å². The van der Waals surface area contributed by atoms with Gasteiger partial charge in [-0.3, -0.25) is 0 Å². The van der Waals surface area contributed by atoms with Crippen LogP contribution in [-0.2, 0) is 10.0 Å². The molecule has 108 valence electrons. The molecular weight excluding hydrogens is 398 g/mol. The van der Waals surface area contributed by atoms with Crippen LogP contribution in [0.2, 0.25) is 0 Å². The Hall–Kier alpha value is 0.0500. The fraction of sp³-hybridized carbons (Fsp3) is 0.500. The minimum Gasteiger partial charge on any atom is -0.394 e. The lowest BCUT2D eigenvalue weighted by Gasteiger charge is -2.33. The van der Waals surface area contributed by atoms with E-state index in [0.717, 1.165) is 10.0 Å². The number of benzene rings is 1. The van der Waals surface area contributed by atoms with E-state index in [1.165, 1.54) is 11.4 Å². The third-order valence-electron chi connectivity index (χ3n) is 3.09. The molecule has 1 rings (SSSR count). The van der Waals surface area contributed by atoms with E-state index in [2.05, 4.69) is 31.9 Å². The highest BCUT2D eigenvalue weighted by Crippen LogP contribution is 2.32. The molecule has 1 aromatic rings. The van der Waals surface area contributed by atoms with Crippen molar-refractivity contribution in [3.05, 3.63) is 26.6 Å². The fourth-order valence-corrected chi connectivity index (χ4v) is 4.54. The van der Waals surface area contributed by atoms with E-state index in [1.807, 2.05) is 6.92 Å². The first-order chi connectivity index (χ1) is 8.54. The van der Waals surface area contributed by atoms with Crippen molar-refractivity contribution < 1.29 is 13.5 Å². The van der Waals surface area contributed by atoms with Crippen molar-refractivity contribution in [1.82, 2.24) is 4.31 Å². The van der Waals surface area contributed by atoms with Crippen molar-refractivity contribution in [3.8, 4) is 0 Å². The highest BCUT2D eigenvalue weighted by molar-refractivity contribution is 9.11. The molecule has 0 bridgehead atoms. The molecule has 0 saturated heterocycles. The number of halogens is 2. The van der Waals surface area contributed by atoms with Gasteiger partial charge in [0.15, 0.2) is 0 Å². The van der Waals surface area contributed by atoms with Crippen LogP contribution in [-0.4, -0.2) is 37.0 Å². The lowest BCUT2D eigenvalue weighted by atomic mass is 10.1. The van der Waals surface area contributed by atoms with Crippen LogP contribution in [0.4, 0.5) is 0 Å².